The van der Waals surface area contributed by atoms with Gasteiger partial charge in [-0.2, -0.15) is 0 Å². The molecule has 0 saturated heterocycles. The SMILES string of the molecule is Cc1cc(C)c2oc3c(c(=O)c2c1)[C@H](c1ccc(C(C)C)cc1)N(CCO)C3=O. The topological polar surface area (TPSA) is 70.8 Å². The molecule has 1 N–H and O–H groups in total. The van der Waals surface area contributed by atoms with E-state index in [0.717, 1.165) is 16.7 Å². The molecule has 2 aromatic carbocycles. The summed E-state index contributed by atoms with van der Waals surface area (Å²) >= 11 is 0. The summed E-state index contributed by atoms with van der Waals surface area (Å²) in [5.74, 6) is 0.113. The number of hydrogen-bond acceptors (Lipinski definition) is 4. The molecule has 0 fully saturated rings. The first-order valence-electron chi connectivity index (χ1n) is 9.93. The van der Waals surface area contributed by atoms with Crippen LogP contribution in [0.5, 0.6) is 0 Å². The minimum atomic E-state index is -0.563. The summed E-state index contributed by atoms with van der Waals surface area (Å²) < 4.78 is 6.00. The standard InChI is InChI=1S/C24H25NO4/c1-13(2)16-5-7-17(8-6-16)20-19-21(27)18-12-14(3)11-15(4)22(18)29-23(19)24(28)25(20)9-10-26/h5-8,11-13,20,26H,9-10H2,1-4H3/t20-/m0/s1. The smallest absolute Gasteiger partial charge is 0.290 e. The summed E-state index contributed by atoms with van der Waals surface area (Å²) in [5, 5.41) is 10.0. The molecule has 1 aliphatic rings. The lowest BCUT2D eigenvalue weighted by atomic mass is 9.95. The quantitative estimate of drug-likeness (QED) is 0.728. The second-order valence-electron chi connectivity index (χ2n) is 8.08. The summed E-state index contributed by atoms with van der Waals surface area (Å²) in [5.41, 5.74) is 4.45. The Balaban J connectivity index is 1.98. The van der Waals surface area contributed by atoms with Gasteiger partial charge in [0.15, 0.2) is 5.43 Å². The number of carbonyl (C=O) groups excluding carboxylic acids is 1. The van der Waals surface area contributed by atoms with E-state index in [1.54, 1.807) is 0 Å². The van der Waals surface area contributed by atoms with E-state index in [1.165, 1.54) is 10.5 Å². The molecule has 3 aromatic rings. The van der Waals surface area contributed by atoms with Crippen molar-refractivity contribution in [3.8, 4) is 0 Å². The lowest BCUT2D eigenvalue weighted by Crippen LogP contribution is -2.32. The lowest BCUT2D eigenvalue weighted by molar-refractivity contribution is 0.0691. The van der Waals surface area contributed by atoms with Gasteiger partial charge in [-0.3, -0.25) is 9.59 Å². The third-order valence-electron chi connectivity index (χ3n) is 5.66. The molecule has 0 saturated carbocycles. The molecule has 5 heteroatoms. The Morgan fingerprint density at radius 1 is 1.10 bits per heavy atom. The minimum Gasteiger partial charge on any atom is -0.450 e. The maximum atomic E-state index is 13.5. The van der Waals surface area contributed by atoms with E-state index < -0.39 is 6.04 Å². The molecule has 4 rings (SSSR count). The lowest BCUT2D eigenvalue weighted by Gasteiger charge is -2.24. The van der Waals surface area contributed by atoms with Gasteiger partial charge < -0.3 is 14.4 Å². The molecule has 0 aliphatic carbocycles. The Bertz CT molecular complexity index is 1160. The molecule has 2 heterocycles. The van der Waals surface area contributed by atoms with Gasteiger partial charge in [0.25, 0.3) is 5.91 Å². The van der Waals surface area contributed by atoms with E-state index in [2.05, 4.69) is 13.8 Å². The summed E-state index contributed by atoms with van der Waals surface area (Å²) in [6.45, 7) is 7.99. The van der Waals surface area contributed by atoms with Crippen LogP contribution < -0.4 is 5.43 Å². The number of fused-ring (bicyclic) bond motifs is 2. The van der Waals surface area contributed by atoms with Crippen LogP contribution in [-0.4, -0.2) is 29.1 Å². The molecule has 150 valence electrons. The van der Waals surface area contributed by atoms with Crippen LogP contribution in [0.4, 0.5) is 0 Å². The Morgan fingerprint density at radius 2 is 1.79 bits per heavy atom. The highest BCUT2D eigenvalue weighted by Crippen LogP contribution is 2.38. The highest BCUT2D eigenvalue weighted by Gasteiger charge is 2.42. The predicted octanol–water partition coefficient (Wildman–Crippen LogP) is 4.07. The van der Waals surface area contributed by atoms with Gasteiger partial charge in [0.2, 0.25) is 5.76 Å². The molecular formula is C24H25NO4. The molecule has 0 unspecified atom stereocenters. The van der Waals surface area contributed by atoms with Gasteiger partial charge in [0.05, 0.1) is 23.6 Å². The fraction of sp³-hybridized carbons (Fsp3) is 0.333. The van der Waals surface area contributed by atoms with Gasteiger partial charge in [-0.1, -0.05) is 44.2 Å². The van der Waals surface area contributed by atoms with Gasteiger partial charge in [-0.25, -0.2) is 0 Å². The number of rotatable bonds is 4. The average Bonchev–Trinajstić information content (AvgIpc) is 2.96. The Kier molecular flexibility index (Phi) is 4.79. The normalized spacial score (nSPS) is 16.1. The zero-order valence-electron chi connectivity index (χ0n) is 17.2. The largest absolute Gasteiger partial charge is 0.450 e. The minimum absolute atomic E-state index is 0.0841. The number of nitrogens with zero attached hydrogens (tertiary/aromatic N) is 1. The molecular weight excluding hydrogens is 366 g/mol. The second-order valence-corrected chi connectivity index (χ2v) is 8.08. The van der Waals surface area contributed by atoms with Crippen molar-refractivity contribution in [2.24, 2.45) is 0 Å². The Labute approximate surface area is 169 Å². The monoisotopic (exact) mass is 391 g/mol. The Hall–Kier alpha value is -2.92. The molecule has 1 aromatic heterocycles. The molecule has 1 amide bonds. The van der Waals surface area contributed by atoms with E-state index >= 15 is 0 Å². The van der Waals surface area contributed by atoms with Crippen LogP contribution in [0.3, 0.4) is 0 Å². The number of β-amino-alcohol motifs (C(OH)–C–C–N with tert-alkyl or cyclic N) is 1. The van der Waals surface area contributed by atoms with Gasteiger partial charge in [-0.15, -0.1) is 0 Å². The van der Waals surface area contributed by atoms with Crippen LogP contribution in [0.15, 0.2) is 45.6 Å². The third-order valence-corrected chi connectivity index (χ3v) is 5.66. The molecule has 1 atom stereocenters. The van der Waals surface area contributed by atoms with Crippen molar-refractivity contribution in [2.45, 2.75) is 39.7 Å². The summed E-state index contributed by atoms with van der Waals surface area (Å²) in [6, 6.07) is 11.1. The molecule has 0 radical (unpaired) electrons. The van der Waals surface area contributed by atoms with Gasteiger partial charge >= 0.3 is 0 Å². The fourth-order valence-electron chi connectivity index (χ4n) is 4.22. The maximum absolute atomic E-state index is 13.5. The van der Waals surface area contributed by atoms with Crippen molar-refractivity contribution in [1.82, 2.24) is 4.90 Å². The third kappa shape index (κ3) is 3.06. The maximum Gasteiger partial charge on any atom is 0.290 e. The van der Waals surface area contributed by atoms with Crippen molar-refractivity contribution in [1.29, 1.82) is 0 Å². The van der Waals surface area contributed by atoms with Gasteiger partial charge in [0.1, 0.15) is 5.58 Å². The molecule has 29 heavy (non-hydrogen) atoms. The number of aryl methyl sites for hydroxylation is 2. The number of benzene rings is 2. The van der Waals surface area contributed by atoms with Crippen LogP contribution in [0.25, 0.3) is 11.0 Å². The van der Waals surface area contributed by atoms with Crippen LogP contribution in [-0.2, 0) is 0 Å². The summed E-state index contributed by atoms with van der Waals surface area (Å²) in [7, 11) is 0. The van der Waals surface area contributed by atoms with Crippen molar-refractivity contribution >= 4 is 16.9 Å². The van der Waals surface area contributed by atoms with Crippen LogP contribution in [0.1, 0.15) is 64.2 Å². The zero-order valence-corrected chi connectivity index (χ0v) is 17.2. The van der Waals surface area contributed by atoms with Crippen LogP contribution in [0, 0.1) is 13.8 Å². The highest BCUT2D eigenvalue weighted by molar-refractivity contribution is 5.99. The van der Waals surface area contributed by atoms with E-state index in [9.17, 15) is 14.7 Å². The molecule has 0 bridgehead atoms. The van der Waals surface area contributed by atoms with Crippen molar-refractivity contribution in [3.63, 3.8) is 0 Å². The summed E-state index contributed by atoms with van der Waals surface area (Å²) in [6.07, 6.45) is 0. The fourth-order valence-corrected chi connectivity index (χ4v) is 4.22. The number of aliphatic hydroxyl groups is 1. The van der Waals surface area contributed by atoms with Crippen molar-refractivity contribution in [2.75, 3.05) is 13.2 Å². The first-order chi connectivity index (χ1) is 13.8. The van der Waals surface area contributed by atoms with E-state index in [-0.39, 0.29) is 30.2 Å². The van der Waals surface area contributed by atoms with E-state index in [0.29, 0.717) is 22.5 Å². The molecule has 5 nitrogen and oxygen atoms in total. The number of amides is 1. The number of hydrogen-bond donors (Lipinski definition) is 1. The number of aliphatic hydroxyl groups excluding tert-OH is 1. The molecule has 1 aliphatic heterocycles. The first kappa shape index (κ1) is 19.4. The van der Waals surface area contributed by atoms with Gasteiger partial charge in [-0.05, 0) is 48.1 Å². The van der Waals surface area contributed by atoms with Gasteiger partial charge in [0, 0.05) is 6.54 Å². The van der Waals surface area contributed by atoms with E-state index in [1.807, 2.05) is 50.2 Å². The zero-order chi connectivity index (χ0) is 20.9. The van der Waals surface area contributed by atoms with E-state index in [4.69, 9.17) is 4.42 Å². The number of carbonyl (C=O) groups is 1. The Morgan fingerprint density at radius 3 is 2.41 bits per heavy atom. The van der Waals surface area contributed by atoms with Crippen LogP contribution in [0.2, 0.25) is 0 Å². The second kappa shape index (κ2) is 7.16. The van der Waals surface area contributed by atoms with Crippen LogP contribution >= 0.6 is 0 Å². The average molecular weight is 391 g/mol. The predicted molar refractivity (Wildman–Crippen MR) is 112 cm³/mol. The van der Waals surface area contributed by atoms with Crippen molar-refractivity contribution in [3.05, 3.63) is 80.2 Å². The first-order valence-corrected chi connectivity index (χ1v) is 9.93. The molecule has 0 spiro atoms. The summed E-state index contributed by atoms with van der Waals surface area (Å²) in [4.78, 5) is 28.1. The van der Waals surface area contributed by atoms with Crippen molar-refractivity contribution < 1.29 is 14.3 Å². The highest BCUT2D eigenvalue weighted by atomic mass is 16.3.